The van der Waals surface area contributed by atoms with E-state index in [1.807, 2.05) is 0 Å². The smallest absolute Gasteiger partial charge is 0.267 e. The van der Waals surface area contributed by atoms with Gasteiger partial charge in [-0.1, -0.05) is 4.49 Å². The number of hydrogen-bond acceptors (Lipinski definition) is 10. The fraction of sp³-hybridized carbons (Fsp3) is 0.333. The van der Waals surface area contributed by atoms with E-state index in [9.17, 15) is 13.2 Å². The number of nitrogens with zero attached hydrogens (tertiary/aromatic N) is 7. The van der Waals surface area contributed by atoms with Gasteiger partial charge in [-0.05, 0) is 42.7 Å². The maximum absolute atomic E-state index is 12.7. The average molecular weight is 500 g/mol. The first-order chi connectivity index (χ1) is 16.3. The molecule has 1 aliphatic rings. The summed E-state index contributed by atoms with van der Waals surface area (Å²) in [5.41, 5.74) is 1.88. The van der Waals surface area contributed by atoms with Crippen molar-refractivity contribution >= 4 is 38.3 Å². The normalized spacial score (nSPS) is 15.1. The van der Waals surface area contributed by atoms with Gasteiger partial charge in [0, 0.05) is 32.2 Å². The predicted octanol–water partition coefficient (Wildman–Crippen LogP) is 2.06. The molecule has 11 nitrogen and oxygen atoms in total. The third kappa shape index (κ3) is 4.23. The van der Waals surface area contributed by atoms with Gasteiger partial charge < -0.3 is 9.64 Å². The van der Waals surface area contributed by atoms with Crippen LogP contribution in [-0.4, -0.2) is 74.0 Å². The number of likely N-dealkylation sites (tertiary alicyclic amines) is 1. The lowest BCUT2D eigenvalue weighted by molar-refractivity contribution is 0.0594. The summed E-state index contributed by atoms with van der Waals surface area (Å²) in [6, 6.07) is 6.43. The summed E-state index contributed by atoms with van der Waals surface area (Å²) >= 11 is 1.12. The Balaban J connectivity index is 1.31. The van der Waals surface area contributed by atoms with Crippen LogP contribution in [0.25, 0.3) is 16.7 Å². The van der Waals surface area contributed by atoms with Gasteiger partial charge in [0.05, 0.1) is 22.5 Å². The topological polar surface area (TPSA) is 133 Å². The number of aryl methyl sites for hydroxylation is 1. The minimum Gasteiger partial charge on any atom is -0.474 e. The van der Waals surface area contributed by atoms with E-state index in [1.54, 1.807) is 34.8 Å². The van der Waals surface area contributed by atoms with Crippen LogP contribution in [-0.2, 0) is 9.84 Å². The van der Waals surface area contributed by atoms with E-state index in [4.69, 9.17) is 4.74 Å². The number of fused-ring (bicyclic) bond motifs is 1. The molecule has 0 saturated carbocycles. The van der Waals surface area contributed by atoms with Crippen molar-refractivity contribution in [2.45, 2.75) is 30.8 Å². The molecule has 0 radical (unpaired) electrons. The lowest BCUT2D eigenvalue weighted by Crippen LogP contribution is -2.41. The van der Waals surface area contributed by atoms with Gasteiger partial charge in [-0.15, -0.1) is 5.10 Å². The number of carbonyl (C=O) groups excluding carboxylic acids is 1. The van der Waals surface area contributed by atoms with Gasteiger partial charge in [0.2, 0.25) is 5.88 Å². The molecule has 34 heavy (non-hydrogen) atoms. The molecule has 0 atom stereocenters. The Morgan fingerprint density at radius 1 is 1.15 bits per heavy atom. The van der Waals surface area contributed by atoms with Gasteiger partial charge >= 0.3 is 0 Å². The van der Waals surface area contributed by atoms with E-state index in [0.29, 0.717) is 59.1 Å². The summed E-state index contributed by atoms with van der Waals surface area (Å²) in [6.45, 7) is 2.93. The summed E-state index contributed by atoms with van der Waals surface area (Å²) in [4.78, 5) is 23.9. The van der Waals surface area contributed by atoms with Crippen molar-refractivity contribution in [1.29, 1.82) is 0 Å². The first-order valence-corrected chi connectivity index (χ1v) is 13.2. The quantitative estimate of drug-likeness (QED) is 0.404. The highest BCUT2D eigenvalue weighted by atomic mass is 32.2. The van der Waals surface area contributed by atoms with Gasteiger partial charge in [-0.3, -0.25) is 4.79 Å². The van der Waals surface area contributed by atoms with Crippen LogP contribution >= 0.6 is 11.5 Å². The van der Waals surface area contributed by atoms with Gasteiger partial charge in [0.25, 0.3) is 5.91 Å². The molecule has 1 amide bonds. The van der Waals surface area contributed by atoms with E-state index in [-0.39, 0.29) is 16.9 Å². The SMILES string of the molecule is Cc1nnsc1C(=O)N1CCC(Oc2ncnc3c2cnn3-c2ccc(S(C)(=O)=O)cc2)CC1. The molecule has 0 bridgehead atoms. The molecule has 13 heteroatoms. The van der Waals surface area contributed by atoms with Crippen LogP contribution in [0, 0.1) is 6.92 Å². The van der Waals surface area contributed by atoms with Crippen LogP contribution in [0.15, 0.2) is 41.7 Å². The van der Waals surface area contributed by atoms with E-state index in [0.717, 1.165) is 11.5 Å². The van der Waals surface area contributed by atoms with Crippen LogP contribution in [0.2, 0.25) is 0 Å². The molecule has 1 aliphatic heterocycles. The number of ether oxygens (including phenoxy) is 1. The molecule has 1 aromatic carbocycles. The summed E-state index contributed by atoms with van der Waals surface area (Å²) in [7, 11) is -3.28. The zero-order valence-corrected chi connectivity index (χ0v) is 20.1. The molecule has 4 aromatic rings. The number of piperidine rings is 1. The molecule has 1 saturated heterocycles. The van der Waals surface area contributed by atoms with Crippen molar-refractivity contribution in [3.05, 3.63) is 47.4 Å². The maximum Gasteiger partial charge on any atom is 0.267 e. The number of rotatable bonds is 5. The van der Waals surface area contributed by atoms with Crippen LogP contribution in [0.4, 0.5) is 0 Å². The van der Waals surface area contributed by atoms with Crippen LogP contribution in [0.5, 0.6) is 5.88 Å². The third-order valence-corrected chi connectivity index (χ3v) is 7.64. The highest BCUT2D eigenvalue weighted by Crippen LogP contribution is 2.27. The van der Waals surface area contributed by atoms with Crippen molar-refractivity contribution in [3.8, 4) is 11.6 Å². The molecule has 1 fully saturated rings. The van der Waals surface area contributed by atoms with Crippen LogP contribution < -0.4 is 4.74 Å². The minimum absolute atomic E-state index is 0.0430. The van der Waals surface area contributed by atoms with Gasteiger partial charge in [0.1, 0.15) is 22.7 Å². The second-order valence-corrected chi connectivity index (χ2v) is 10.8. The second kappa shape index (κ2) is 8.72. The Morgan fingerprint density at radius 3 is 2.53 bits per heavy atom. The molecule has 0 aliphatic carbocycles. The summed E-state index contributed by atoms with van der Waals surface area (Å²) in [5, 5.41) is 8.98. The van der Waals surface area contributed by atoms with E-state index < -0.39 is 9.84 Å². The monoisotopic (exact) mass is 499 g/mol. The van der Waals surface area contributed by atoms with E-state index in [1.165, 1.54) is 24.7 Å². The largest absolute Gasteiger partial charge is 0.474 e. The molecule has 4 heterocycles. The molecule has 5 rings (SSSR count). The standard InChI is InChI=1S/C21H21N7O4S2/c1-13-18(33-26-25-13)21(29)27-9-7-15(8-10-27)32-20-17-11-24-28(19(17)22-12-23-20)14-3-5-16(6-4-14)34(2,30)31/h3-6,11-12,15H,7-10H2,1-2H3. The number of amides is 1. The second-order valence-electron chi connectivity index (χ2n) is 8.04. The average Bonchev–Trinajstić information content (AvgIpc) is 3.45. The summed E-state index contributed by atoms with van der Waals surface area (Å²) in [6.07, 6.45) is 5.46. The molecule has 0 N–H and O–H groups in total. The lowest BCUT2D eigenvalue weighted by atomic mass is 10.1. The number of hydrogen-bond donors (Lipinski definition) is 0. The van der Waals surface area contributed by atoms with Crippen molar-refractivity contribution in [1.82, 2.24) is 34.2 Å². The Hall–Kier alpha value is -3.45. The fourth-order valence-electron chi connectivity index (χ4n) is 3.85. The van der Waals surface area contributed by atoms with Crippen LogP contribution in [0.1, 0.15) is 28.2 Å². The molecule has 3 aromatic heterocycles. The first kappa shape index (κ1) is 22.3. The van der Waals surface area contributed by atoms with Crippen molar-refractivity contribution < 1.29 is 17.9 Å². The molecule has 176 valence electrons. The molecule has 0 spiro atoms. The molecular weight excluding hydrogens is 478 g/mol. The molecule has 0 unspecified atom stereocenters. The minimum atomic E-state index is -3.28. The maximum atomic E-state index is 12.7. The highest BCUT2D eigenvalue weighted by Gasteiger charge is 2.28. The Morgan fingerprint density at radius 2 is 1.88 bits per heavy atom. The Kier molecular flexibility index (Phi) is 5.73. The predicted molar refractivity (Wildman–Crippen MR) is 124 cm³/mol. The fourth-order valence-corrected chi connectivity index (χ4v) is 5.10. The van der Waals surface area contributed by atoms with Crippen molar-refractivity contribution in [2.24, 2.45) is 0 Å². The van der Waals surface area contributed by atoms with Crippen molar-refractivity contribution in [3.63, 3.8) is 0 Å². The molecular formula is C21H21N7O4S2. The first-order valence-electron chi connectivity index (χ1n) is 10.6. The van der Waals surface area contributed by atoms with Gasteiger partial charge in [0.15, 0.2) is 15.5 Å². The Bertz CT molecular complexity index is 1460. The summed E-state index contributed by atoms with van der Waals surface area (Å²) < 4.78 is 35.1. The summed E-state index contributed by atoms with van der Waals surface area (Å²) in [5.74, 6) is 0.384. The third-order valence-electron chi connectivity index (χ3n) is 5.69. The van der Waals surface area contributed by atoms with Gasteiger partial charge in [-0.2, -0.15) is 5.10 Å². The van der Waals surface area contributed by atoms with Crippen LogP contribution in [0.3, 0.4) is 0 Å². The number of carbonyl (C=O) groups is 1. The zero-order valence-electron chi connectivity index (χ0n) is 18.4. The van der Waals surface area contributed by atoms with Gasteiger partial charge in [-0.25, -0.2) is 23.1 Å². The lowest BCUT2D eigenvalue weighted by Gasteiger charge is -2.31. The zero-order chi connectivity index (χ0) is 23.9. The number of aromatic nitrogens is 6. The number of sulfone groups is 1. The number of benzene rings is 1. The van der Waals surface area contributed by atoms with Crippen molar-refractivity contribution in [2.75, 3.05) is 19.3 Å². The Labute approximate surface area is 199 Å². The van der Waals surface area contributed by atoms with E-state index >= 15 is 0 Å². The highest BCUT2D eigenvalue weighted by molar-refractivity contribution is 7.90. The van der Waals surface area contributed by atoms with E-state index in [2.05, 4.69) is 24.7 Å².